The minimum atomic E-state index is -3.44. The predicted molar refractivity (Wildman–Crippen MR) is 84.5 cm³/mol. The van der Waals surface area contributed by atoms with Crippen molar-refractivity contribution in [1.82, 2.24) is 5.43 Å². The summed E-state index contributed by atoms with van der Waals surface area (Å²) in [6.07, 6.45) is 4.89. The van der Waals surface area contributed by atoms with Crippen LogP contribution in [0.3, 0.4) is 0 Å². The van der Waals surface area contributed by atoms with E-state index >= 15 is 0 Å². The van der Waals surface area contributed by atoms with Crippen molar-refractivity contribution in [2.45, 2.75) is 18.2 Å². The molecule has 1 N–H and O–H groups in total. The molecule has 7 heteroatoms. The number of benzene rings is 1. The molecule has 0 saturated heterocycles. The molecule has 1 atom stereocenters. The Bertz CT molecular complexity index is 751. The van der Waals surface area contributed by atoms with Gasteiger partial charge in [0.15, 0.2) is 9.84 Å². The lowest BCUT2D eigenvalue weighted by Gasteiger charge is -2.16. The zero-order valence-corrected chi connectivity index (χ0v) is 13.5. The number of allylic oxidation sites excluding steroid dienone is 1. The molecular formula is C15H18N2O4S. The number of hydrazone groups is 1. The quantitative estimate of drug-likeness (QED) is 0.913. The molecule has 1 aromatic rings. The zero-order valence-electron chi connectivity index (χ0n) is 12.7. The van der Waals surface area contributed by atoms with E-state index in [1.807, 2.05) is 6.92 Å². The van der Waals surface area contributed by atoms with Crippen LogP contribution in [0.5, 0.6) is 5.75 Å². The van der Waals surface area contributed by atoms with Crippen LogP contribution in [0.4, 0.5) is 0 Å². The van der Waals surface area contributed by atoms with Crippen LogP contribution in [0, 0.1) is 5.92 Å². The summed E-state index contributed by atoms with van der Waals surface area (Å²) >= 11 is 0. The van der Waals surface area contributed by atoms with Crippen molar-refractivity contribution in [3.63, 3.8) is 0 Å². The first-order valence-corrected chi connectivity index (χ1v) is 8.63. The Labute approximate surface area is 129 Å². The van der Waals surface area contributed by atoms with E-state index in [2.05, 4.69) is 10.5 Å². The third-order valence-electron chi connectivity index (χ3n) is 3.34. The van der Waals surface area contributed by atoms with Crippen molar-refractivity contribution in [3.05, 3.63) is 29.8 Å². The largest absolute Gasteiger partial charge is 0.495 e. The molecular weight excluding hydrogens is 304 g/mol. The van der Waals surface area contributed by atoms with Crippen molar-refractivity contribution in [3.8, 4) is 5.75 Å². The molecule has 1 unspecified atom stereocenters. The Morgan fingerprint density at radius 1 is 1.36 bits per heavy atom. The molecule has 0 spiro atoms. The lowest BCUT2D eigenvalue weighted by Crippen LogP contribution is -2.30. The van der Waals surface area contributed by atoms with E-state index in [9.17, 15) is 13.2 Å². The second kappa shape index (κ2) is 6.31. The fraction of sp³-hybridized carbons (Fsp3) is 0.333. The molecule has 1 aromatic carbocycles. The second-order valence-corrected chi connectivity index (χ2v) is 7.11. The minimum absolute atomic E-state index is 0.0164. The van der Waals surface area contributed by atoms with Crippen molar-refractivity contribution >= 4 is 27.5 Å². The smallest absolute Gasteiger partial charge is 0.240 e. The van der Waals surface area contributed by atoms with Crippen molar-refractivity contribution < 1.29 is 17.9 Å². The molecule has 0 bridgehead atoms. The highest BCUT2D eigenvalue weighted by Crippen LogP contribution is 2.28. The Hall–Kier alpha value is -2.15. The summed E-state index contributed by atoms with van der Waals surface area (Å²) in [7, 11) is -2.01. The molecule has 2 rings (SSSR count). The molecule has 6 nitrogen and oxygen atoms in total. The van der Waals surface area contributed by atoms with E-state index in [1.165, 1.54) is 7.11 Å². The third kappa shape index (κ3) is 3.54. The number of hydrogen-bond donors (Lipinski definition) is 1. The number of carbonyl (C=O) groups is 1. The first-order valence-electron chi connectivity index (χ1n) is 6.74. The van der Waals surface area contributed by atoms with Crippen LogP contribution >= 0.6 is 0 Å². The van der Waals surface area contributed by atoms with Gasteiger partial charge in [-0.3, -0.25) is 4.79 Å². The molecule has 0 fully saturated rings. The summed E-state index contributed by atoms with van der Waals surface area (Å²) in [6, 6.07) is 5.03. The van der Waals surface area contributed by atoms with Crippen molar-refractivity contribution in [2.24, 2.45) is 11.0 Å². The number of nitrogens with zero attached hydrogens (tertiary/aromatic N) is 1. The van der Waals surface area contributed by atoms with Gasteiger partial charge in [0.2, 0.25) is 5.91 Å². The van der Waals surface area contributed by atoms with Gasteiger partial charge >= 0.3 is 0 Å². The molecule has 0 radical (unpaired) electrons. The van der Waals surface area contributed by atoms with E-state index in [0.717, 1.165) is 6.26 Å². The second-order valence-electron chi connectivity index (χ2n) is 5.16. The number of hydrogen-bond acceptors (Lipinski definition) is 5. The Balaban J connectivity index is 2.42. The molecule has 1 aliphatic rings. The summed E-state index contributed by atoms with van der Waals surface area (Å²) in [5.74, 6) is 0.164. The summed E-state index contributed by atoms with van der Waals surface area (Å²) in [5.41, 5.74) is 3.64. The van der Waals surface area contributed by atoms with Gasteiger partial charge in [0.1, 0.15) is 10.6 Å². The van der Waals surface area contributed by atoms with E-state index < -0.39 is 9.84 Å². The maximum absolute atomic E-state index is 12.0. The third-order valence-corrected chi connectivity index (χ3v) is 4.52. The minimum Gasteiger partial charge on any atom is -0.495 e. The first-order chi connectivity index (χ1) is 10.3. The van der Waals surface area contributed by atoms with E-state index in [4.69, 9.17) is 4.74 Å². The number of rotatable bonds is 4. The highest BCUT2D eigenvalue weighted by molar-refractivity contribution is 7.90. The highest BCUT2D eigenvalue weighted by atomic mass is 32.2. The van der Waals surface area contributed by atoms with Gasteiger partial charge in [-0.25, -0.2) is 13.8 Å². The van der Waals surface area contributed by atoms with Gasteiger partial charge in [0.25, 0.3) is 0 Å². The van der Waals surface area contributed by atoms with Gasteiger partial charge in [-0.05, 0) is 17.7 Å². The van der Waals surface area contributed by atoms with Gasteiger partial charge in [-0.1, -0.05) is 25.1 Å². The number of carbonyl (C=O) groups excluding carboxylic acids is 1. The fourth-order valence-corrected chi connectivity index (χ4v) is 3.34. The summed E-state index contributed by atoms with van der Waals surface area (Å²) < 4.78 is 29.1. The SMILES string of the molecule is COc1cccc(C=CC2=NNC(=O)CC2C)c1S(C)(=O)=O. The fourth-order valence-electron chi connectivity index (χ4n) is 2.26. The van der Waals surface area contributed by atoms with Crippen LogP contribution in [0.2, 0.25) is 0 Å². The van der Waals surface area contributed by atoms with Crippen LogP contribution in [0.25, 0.3) is 6.08 Å². The lowest BCUT2D eigenvalue weighted by atomic mass is 9.99. The number of nitrogens with one attached hydrogen (secondary N) is 1. The average Bonchev–Trinajstić information content (AvgIpc) is 2.44. The maximum atomic E-state index is 12.0. The van der Waals surface area contributed by atoms with Gasteiger partial charge in [0, 0.05) is 18.6 Å². The molecule has 1 amide bonds. The molecule has 118 valence electrons. The summed E-state index contributed by atoms with van der Waals surface area (Å²) in [6.45, 7) is 1.89. The highest BCUT2D eigenvalue weighted by Gasteiger charge is 2.20. The first kappa shape index (κ1) is 16.2. The topological polar surface area (TPSA) is 84.8 Å². The molecule has 1 aliphatic heterocycles. The monoisotopic (exact) mass is 322 g/mol. The van der Waals surface area contributed by atoms with Gasteiger partial charge in [-0.15, -0.1) is 0 Å². The van der Waals surface area contributed by atoms with E-state index in [1.54, 1.807) is 30.4 Å². The van der Waals surface area contributed by atoms with Crippen LogP contribution in [0.1, 0.15) is 18.9 Å². The molecule has 0 saturated carbocycles. The van der Waals surface area contributed by atoms with Crippen molar-refractivity contribution in [1.29, 1.82) is 0 Å². The van der Waals surface area contributed by atoms with Crippen molar-refractivity contribution in [2.75, 3.05) is 13.4 Å². The molecule has 22 heavy (non-hydrogen) atoms. The summed E-state index contributed by atoms with van der Waals surface area (Å²) in [5, 5.41) is 3.99. The van der Waals surface area contributed by atoms with Crippen LogP contribution in [-0.4, -0.2) is 33.4 Å². The molecule has 1 heterocycles. The number of ether oxygens (including phenoxy) is 1. The normalized spacial score (nSPS) is 19.0. The Morgan fingerprint density at radius 2 is 2.09 bits per heavy atom. The van der Waals surface area contributed by atoms with Gasteiger partial charge in [0.05, 0.1) is 12.8 Å². The van der Waals surface area contributed by atoms with Crippen LogP contribution in [-0.2, 0) is 14.6 Å². The Morgan fingerprint density at radius 3 is 2.68 bits per heavy atom. The molecule has 0 aromatic heterocycles. The van der Waals surface area contributed by atoms with Gasteiger partial charge < -0.3 is 4.74 Å². The van der Waals surface area contributed by atoms with E-state index in [-0.39, 0.29) is 16.7 Å². The van der Waals surface area contributed by atoms with Crippen LogP contribution in [0.15, 0.2) is 34.3 Å². The number of amides is 1. The standard InChI is InChI=1S/C15H18N2O4S/c1-10-9-14(18)17-16-12(10)8-7-11-5-4-6-13(21-2)15(11)22(3,19)20/h4-8,10H,9H2,1-3H3,(H,17,18). The Kier molecular flexibility index (Phi) is 4.65. The van der Waals surface area contributed by atoms with E-state index in [0.29, 0.717) is 23.4 Å². The number of sulfone groups is 1. The molecule has 0 aliphatic carbocycles. The zero-order chi connectivity index (χ0) is 16.3. The number of methoxy groups -OCH3 is 1. The summed E-state index contributed by atoms with van der Waals surface area (Å²) in [4.78, 5) is 11.4. The average molecular weight is 322 g/mol. The lowest BCUT2D eigenvalue weighted by molar-refractivity contribution is -0.121. The van der Waals surface area contributed by atoms with Gasteiger partial charge in [-0.2, -0.15) is 5.10 Å². The maximum Gasteiger partial charge on any atom is 0.240 e. The predicted octanol–water partition coefficient (Wildman–Crippen LogP) is 1.62. The van der Waals surface area contributed by atoms with Crippen LogP contribution < -0.4 is 10.2 Å².